The molecule has 0 radical (unpaired) electrons. The Hall–Kier alpha value is -2.75. The molecule has 0 aliphatic rings. The number of rotatable bonds is 5. The van der Waals surface area contributed by atoms with E-state index in [4.69, 9.17) is 10.00 Å². The van der Waals surface area contributed by atoms with Crippen LogP contribution in [0.1, 0.15) is 5.56 Å². The monoisotopic (exact) mass is 324 g/mol. The van der Waals surface area contributed by atoms with Crippen molar-refractivity contribution in [2.45, 2.75) is 0 Å². The Morgan fingerprint density at radius 3 is 2.09 bits per heavy atom. The number of nitrogens with zero attached hydrogens (tertiary/aromatic N) is 2. The van der Waals surface area contributed by atoms with Crippen LogP contribution in [0.15, 0.2) is 30.3 Å². The molecule has 0 aromatic heterocycles. The lowest BCUT2D eigenvalue weighted by Gasteiger charge is -2.19. The number of hydrogen-bond acceptors (Lipinski definition) is 3. The molecule has 0 saturated heterocycles. The normalized spacial score (nSPS) is 10.3. The number of nitriles is 1. The van der Waals surface area contributed by atoms with Gasteiger partial charge in [0.2, 0.25) is 11.6 Å². The largest absolute Gasteiger partial charge is 0.486 e. The molecule has 0 aliphatic heterocycles. The number of ether oxygens (including phenoxy) is 1. The first-order chi connectivity index (χ1) is 11.0. The second-order valence-electron chi connectivity index (χ2n) is 4.68. The molecule has 0 N–H and O–H groups in total. The van der Waals surface area contributed by atoms with Gasteiger partial charge in [0.05, 0.1) is 6.54 Å². The zero-order valence-corrected chi connectivity index (χ0v) is 12.1. The molecule has 3 nitrogen and oxygen atoms in total. The lowest BCUT2D eigenvalue weighted by molar-refractivity contribution is 0.277. The molecule has 0 atom stereocenters. The first-order valence-corrected chi connectivity index (χ1v) is 6.62. The summed E-state index contributed by atoms with van der Waals surface area (Å²) in [6.07, 6.45) is 0. The van der Waals surface area contributed by atoms with Crippen molar-refractivity contribution in [3.05, 3.63) is 59.2 Å². The van der Waals surface area contributed by atoms with Gasteiger partial charge in [-0.2, -0.15) is 14.0 Å². The van der Waals surface area contributed by atoms with Crippen molar-refractivity contribution < 1.29 is 22.3 Å². The van der Waals surface area contributed by atoms with E-state index in [-0.39, 0.29) is 13.2 Å². The molecule has 0 unspecified atom stereocenters. The molecular formula is C16H12F4N2O. The van der Waals surface area contributed by atoms with E-state index in [1.165, 1.54) is 0 Å². The standard InChI is InChI=1S/C16H12F4N2O/c1-22(10-5-3-2-4-6-10)7-8-23-16-14(19)12(17)11(9-21)13(18)15(16)20/h2-6H,7-8H2,1H3. The van der Waals surface area contributed by atoms with Crippen LogP contribution in [0, 0.1) is 34.6 Å². The van der Waals surface area contributed by atoms with Gasteiger partial charge in [0.25, 0.3) is 0 Å². The van der Waals surface area contributed by atoms with Crippen LogP contribution in [-0.4, -0.2) is 20.2 Å². The van der Waals surface area contributed by atoms with Crippen LogP contribution in [0.25, 0.3) is 0 Å². The molecule has 2 aromatic carbocycles. The highest BCUT2D eigenvalue weighted by Gasteiger charge is 2.26. The van der Waals surface area contributed by atoms with Crippen LogP contribution in [0.4, 0.5) is 23.2 Å². The van der Waals surface area contributed by atoms with E-state index in [0.29, 0.717) is 0 Å². The molecule has 23 heavy (non-hydrogen) atoms. The van der Waals surface area contributed by atoms with E-state index in [2.05, 4.69) is 0 Å². The zero-order valence-electron chi connectivity index (χ0n) is 12.1. The summed E-state index contributed by atoms with van der Waals surface area (Å²) in [4.78, 5) is 1.74. The third-order valence-corrected chi connectivity index (χ3v) is 3.20. The minimum atomic E-state index is -1.77. The third-order valence-electron chi connectivity index (χ3n) is 3.20. The topological polar surface area (TPSA) is 36.3 Å². The van der Waals surface area contributed by atoms with Crippen LogP contribution in [0.5, 0.6) is 5.75 Å². The van der Waals surface area contributed by atoms with Crippen molar-refractivity contribution in [2.75, 3.05) is 25.1 Å². The van der Waals surface area contributed by atoms with E-state index in [0.717, 1.165) is 11.8 Å². The molecule has 0 aliphatic carbocycles. The quantitative estimate of drug-likeness (QED) is 0.622. The van der Waals surface area contributed by atoms with Crippen molar-refractivity contribution >= 4 is 5.69 Å². The Bertz CT molecular complexity index is 715. The van der Waals surface area contributed by atoms with Crippen molar-refractivity contribution in [3.8, 4) is 11.8 Å². The van der Waals surface area contributed by atoms with Gasteiger partial charge in [-0.25, -0.2) is 8.78 Å². The van der Waals surface area contributed by atoms with E-state index in [1.54, 1.807) is 11.9 Å². The summed E-state index contributed by atoms with van der Waals surface area (Å²) in [5, 5.41) is 8.50. The van der Waals surface area contributed by atoms with Crippen molar-refractivity contribution in [1.29, 1.82) is 5.26 Å². The lowest BCUT2D eigenvalue weighted by Crippen LogP contribution is -2.24. The van der Waals surface area contributed by atoms with Gasteiger partial charge in [-0.15, -0.1) is 0 Å². The maximum Gasteiger partial charge on any atom is 0.205 e. The molecule has 7 heteroatoms. The van der Waals surface area contributed by atoms with Crippen molar-refractivity contribution in [1.82, 2.24) is 0 Å². The van der Waals surface area contributed by atoms with Gasteiger partial charge in [0.15, 0.2) is 17.4 Å². The molecule has 0 saturated carbocycles. The molecule has 0 fully saturated rings. The van der Waals surface area contributed by atoms with Crippen LogP contribution in [0.2, 0.25) is 0 Å². The van der Waals surface area contributed by atoms with Gasteiger partial charge in [0.1, 0.15) is 18.2 Å². The maximum atomic E-state index is 13.7. The number of benzene rings is 2. The Labute approximate surface area is 130 Å². The second kappa shape index (κ2) is 7.01. The fourth-order valence-corrected chi connectivity index (χ4v) is 1.93. The lowest BCUT2D eigenvalue weighted by atomic mass is 10.2. The molecule has 2 rings (SSSR count). The summed E-state index contributed by atoms with van der Waals surface area (Å²) in [6, 6.07) is 10.2. The summed E-state index contributed by atoms with van der Waals surface area (Å²) in [7, 11) is 1.73. The highest BCUT2D eigenvalue weighted by molar-refractivity contribution is 5.45. The highest BCUT2D eigenvalue weighted by atomic mass is 19.2. The number of halogens is 4. The number of para-hydroxylation sites is 1. The third kappa shape index (κ3) is 3.37. The molecule has 0 amide bonds. The summed E-state index contributed by atoms with van der Waals surface area (Å²) in [5.74, 6) is -8.14. The van der Waals surface area contributed by atoms with E-state index >= 15 is 0 Å². The van der Waals surface area contributed by atoms with Gasteiger partial charge in [-0.05, 0) is 12.1 Å². The van der Waals surface area contributed by atoms with E-state index in [9.17, 15) is 17.6 Å². The molecule has 2 aromatic rings. The average Bonchev–Trinajstić information content (AvgIpc) is 2.57. The summed E-state index contributed by atoms with van der Waals surface area (Å²) < 4.78 is 59.1. The minimum Gasteiger partial charge on any atom is -0.486 e. The van der Waals surface area contributed by atoms with Gasteiger partial charge in [0, 0.05) is 12.7 Å². The van der Waals surface area contributed by atoms with Gasteiger partial charge < -0.3 is 9.64 Å². The average molecular weight is 324 g/mol. The van der Waals surface area contributed by atoms with Crippen LogP contribution in [0.3, 0.4) is 0 Å². The highest BCUT2D eigenvalue weighted by Crippen LogP contribution is 2.29. The number of anilines is 1. The zero-order chi connectivity index (χ0) is 17.0. The Kier molecular flexibility index (Phi) is 5.06. The molecule has 0 bridgehead atoms. The SMILES string of the molecule is CN(CCOc1c(F)c(F)c(C#N)c(F)c1F)c1ccccc1. The van der Waals surface area contributed by atoms with Crippen molar-refractivity contribution in [3.63, 3.8) is 0 Å². The van der Waals surface area contributed by atoms with E-state index in [1.807, 2.05) is 30.3 Å². The Morgan fingerprint density at radius 1 is 1.00 bits per heavy atom. The summed E-state index contributed by atoms with van der Waals surface area (Å²) >= 11 is 0. The van der Waals surface area contributed by atoms with Gasteiger partial charge >= 0.3 is 0 Å². The van der Waals surface area contributed by atoms with Crippen LogP contribution >= 0.6 is 0 Å². The predicted octanol–water partition coefficient (Wildman–Crippen LogP) is 3.63. The second-order valence-corrected chi connectivity index (χ2v) is 4.68. The molecule has 0 spiro atoms. The Morgan fingerprint density at radius 2 is 1.57 bits per heavy atom. The Balaban J connectivity index is 2.11. The fraction of sp³-hybridized carbons (Fsp3) is 0.188. The van der Waals surface area contributed by atoms with Crippen LogP contribution in [-0.2, 0) is 0 Å². The molecule has 120 valence electrons. The van der Waals surface area contributed by atoms with Crippen molar-refractivity contribution in [2.24, 2.45) is 0 Å². The first-order valence-electron chi connectivity index (χ1n) is 6.62. The predicted molar refractivity (Wildman–Crippen MR) is 76.2 cm³/mol. The minimum absolute atomic E-state index is 0.204. The summed E-state index contributed by atoms with van der Waals surface area (Å²) in [5.41, 5.74) is -0.469. The van der Waals surface area contributed by atoms with Gasteiger partial charge in [-0.1, -0.05) is 18.2 Å². The first kappa shape index (κ1) is 16.6. The van der Waals surface area contributed by atoms with E-state index < -0.39 is 34.6 Å². The van der Waals surface area contributed by atoms with Crippen LogP contribution < -0.4 is 9.64 Å². The van der Waals surface area contributed by atoms with Gasteiger partial charge in [-0.3, -0.25) is 0 Å². The summed E-state index contributed by atoms with van der Waals surface area (Å²) in [6.45, 7) is 0.0240. The molecule has 0 heterocycles. The number of hydrogen-bond donors (Lipinski definition) is 0. The fourth-order valence-electron chi connectivity index (χ4n) is 1.93. The maximum absolute atomic E-state index is 13.7. The smallest absolute Gasteiger partial charge is 0.205 e. The number of likely N-dealkylation sites (N-methyl/N-ethyl adjacent to an activating group) is 1. The molecular weight excluding hydrogens is 312 g/mol.